The molecule has 1 amide bonds. The molecule has 1 aromatic heterocycles. The molecule has 0 aliphatic carbocycles. The molecule has 0 radical (unpaired) electrons. The number of carbonyl (C=O) groups is 1. The van der Waals surface area contributed by atoms with Crippen molar-refractivity contribution in [1.82, 2.24) is 25.0 Å². The highest BCUT2D eigenvalue weighted by Gasteiger charge is 2.23. The fraction of sp³-hybridized carbons (Fsp3) is 0.400. The Hall–Kier alpha value is -3.03. The van der Waals surface area contributed by atoms with Crippen molar-refractivity contribution in [3.05, 3.63) is 77.4 Å². The number of aromatic nitrogens is 3. The molecule has 3 aromatic rings. The van der Waals surface area contributed by atoms with Crippen LogP contribution in [0.2, 0.25) is 0 Å². The molecular weight excluding hydrogens is 402 g/mol. The standard InChI is InChI=1S/C25H31N5O2/c1-18(2)22-11-7-8-12-23(22)30-19(3)27-24(28-30)25(31)26-15-21-17-29(13-14-32-21)16-20-9-5-4-6-10-20/h4-12,18,21H,13-17H2,1-3H3,(H,26,31). The van der Waals surface area contributed by atoms with Crippen LogP contribution in [-0.4, -0.2) is 57.9 Å². The number of ether oxygens (including phenoxy) is 1. The Kier molecular flexibility index (Phi) is 6.97. The Morgan fingerprint density at radius 2 is 1.91 bits per heavy atom. The van der Waals surface area contributed by atoms with E-state index in [4.69, 9.17) is 4.74 Å². The predicted molar refractivity (Wildman–Crippen MR) is 124 cm³/mol. The van der Waals surface area contributed by atoms with Crippen LogP contribution in [0.5, 0.6) is 0 Å². The number of rotatable bonds is 7. The molecule has 0 saturated carbocycles. The summed E-state index contributed by atoms with van der Waals surface area (Å²) in [6.45, 7) is 9.79. The number of hydrogen-bond donors (Lipinski definition) is 1. The normalized spacial score (nSPS) is 16.9. The molecule has 1 fully saturated rings. The zero-order chi connectivity index (χ0) is 22.5. The van der Waals surface area contributed by atoms with Crippen LogP contribution in [0.15, 0.2) is 54.6 Å². The van der Waals surface area contributed by atoms with E-state index in [1.165, 1.54) is 11.1 Å². The lowest BCUT2D eigenvalue weighted by atomic mass is 10.0. The van der Waals surface area contributed by atoms with Crippen LogP contribution in [-0.2, 0) is 11.3 Å². The Bertz CT molecular complexity index is 1050. The molecule has 1 aliphatic rings. The molecule has 1 saturated heterocycles. The third-order valence-corrected chi connectivity index (χ3v) is 5.72. The molecule has 1 atom stereocenters. The van der Waals surface area contributed by atoms with Gasteiger partial charge in [-0.3, -0.25) is 9.69 Å². The third-order valence-electron chi connectivity index (χ3n) is 5.72. The van der Waals surface area contributed by atoms with Gasteiger partial charge in [0.2, 0.25) is 5.82 Å². The number of para-hydroxylation sites is 1. The van der Waals surface area contributed by atoms with Gasteiger partial charge in [0.1, 0.15) is 5.82 Å². The first-order valence-corrected chi connectivity index (χ1v) is 11.2. The number of amides is 1. The predicted octanol–water partition coefficient (Wildman–Crippen LogP) is 3.33. The molecule has 168 valence electrons. The average Bonchev–Trinajstić information content (AvgIpc) is 3.20. The summed E-state index contributed by atoms with van der Waals surface area (Å²) in [6, 6.07) is 18.5. The van der Waals surface area contributed by atoms with Gasteiger partial charge in [-0.2, -0.15) is 0 Å². The minimum absolute atomic E-state index is 0.0544. The van der Waals surface area contributed by atoms with E-state index in [0.29, 0.717) is 24.9 Å². The topological polar surface area (TPSA) is 72.3 Å². The van der Waals surface area contributed by atoms with Gasteiger partial charge in [-0.1, -0.05) is 62.4 Å². The zero-order valence-electron chi connectivity index (χ0n) is 19.0. The maximum atomic E-state index is 12.8. The van der Waals surface area contributed by atoms with Crippen molar-refractivity contribution in [2.24, 2.45) is 0 Å². The van der Waals surface area contributed by atoms with E-state index in [1.54, 1.807) is 4.68 Å². The lowest BCUT2D eigenvalue weighted by Gasteiger charge is -2.33. The van der Waals surface area contributed by atoms with E-state index in [2.05, 4.69) is 64.5 Å². The van der Waals surface area contributed by atoms with Crippen molar-refractivity contribution in [1.29, 1.82) is 0 Å². The van der Waals surface area contributed by atoms with Gasteiger partial charge in [0.05, 0.1) is 18.4 Å². The summed E-state index contributed by atoms with van der Waals surface area (Å²) in [5.74, 6) is 0.927. The van der Waals surface area contributed by atoms with Gasteiger partial charge in [-0.05, 0) is 30.0 Å². The second kappa shape index (κ2) is 10.1. The zero-order valence-corrected chi connectivity index (χ0v) is 19.0. The van der Waals surface area contributed by atoms with Crippen LogP contribution in [0.3, 0.4) is 0 Å². The fourth-order valence-electron chi connectivity index (χ4n) is 4.06. The fourth-order valence-corrected chi connectivity index (χ4v) is 4.06. The Morgan fingerprint density at radius 1 is 1.16 bits per heavy atom. The number of hydrogen-bond acceptors (Lipinski definition) is 5. The molecule has 0 bridgehead atoms. The van der Waals surface area contributed by atoms with E-state index in [0.717, 1.165) is 25.3 Å². The summed E-state index contributed by atoms with van der Waals surface area (Å²) >= 11 is 0. The Balaban J connectivity index is 1.37. The largest absolute Gasteiger partial charge is 0.374 e. The number of nitrogens with one attached hydrogen (secondary N) is 1. The first-order chi connectivity index (χ1) is 15.5. The van der Waals surface area contributed by atoms with Gasteiger partial charge in [0.15, 0.2) is 0 Å². The van der Waals surface area contributed by atoms with Gasteiger partial charge in [0, 0.05) is 26.2 Å². The lowest BCUT2D eigenvalue weighted by Crippen LogP contribution is -2.47. The van der Waals surface area contributed by atoms with E-state index >= 15 is 0 Å². The Morgan fingerprint density at radius 3 is 2.69 bits per heavy atom. The van der Waals surface area contributed by atoms with Crippen molar-refractivity contribution in [2.75, 3.05) is 26.2 Å². The summed E-state index contributed by atoms with van der Waals surface area (Å²) in [5.41, 5.74) is 3.41. The summed E-state index contributed by atoms with van der Waals surface area (Å²) in [4.78, 5) is 19.5. The minimum Gasteiger partial charge on any atom is -0.374 e. The minimum atomic E-state index is -0.280. The second-order valence-corrected chi connectivity index (χ2v) is 8.53. The van der Waals surface area contributed by atoms with Crippen LogP contribution in [0, 0.1) is 6.92 Å². The Labute approximate surface area is 189 Å². The van der Waals surface area contributed by atoms with Crippen LogP contribution in [0.25, 0.3) is 5.69 Å². The molecule has 1 aliphatic heterocycles. The number of carbonyl (C=O) groups excluding carboxylic acids is 1. The molecule has 1 N–H and O–H groups in total. The maximum absolute atomic E-state index is 12.8. The van der Waals surface area contributed by atoms with Crippen molar-refractivity contribution < 1.29 is 9.53 Å². The highest BCUT2D eigenvalue weighted by molar-refractivity contribution is 5.90. The van der Waals surface area contributed by atoms with Gasteiger partial charge in [-0.15, -0.1) is 5.10 Å². The maximum Gasteiger partial charge on any atom is 0.291 e. The van der Waals surface area contributed by atoms with Crippen molar-refractivity contribution in [2.45, 2.75) is 39.3 Å². The molecule has 32 heavy (non-hydrogen) atoms. The van der Waals surface area contributed by atoms with E-state index in [-0.39, 0.29) is 17.8 Å². The van der Waals surface area contributed by atoms with Crippen molar-refractivity contribution in [3.8, 4) is 5.69 Å². The molecular formula is C25H31N5O2. The van der Waals surface area contributed by atoms with Gasteiger partial charge >= 0.3 is 0 Å². The average molecular weight is 434 g/mol. The van der Waals surface area contributed by atoms with E-state index in [9.17, 15) is 4.79 Å². The second-order valence-electron chi connectivity index (χ2n) is 8.53. The van der Waals surface area contributed by atoms with Gasteiger partial charge < -0.3 is 10.1 Å². The molecule has 4 rings (SSSR count). The van der Waals surface area contributed by atoms with Crippen LogP contribution >= 0.6 is 0 Å². The summed E-state index contributed by atoms with van der Waals surface area (Å²) < 4.78 is 7.62. The first-order valence-electron chi connectivity index (χ1n) is 11.2. The van der Waals surface area contributed by atoms with E-state index < -0.39 is 0 Å². The molecule has 1 unspecified atom stereocenters. The number of nitrogens with zero attached hydrogens (tertiary/aromatic N) is 4. The molecule has 2 heterocycles. The number of benzene rings is 2. The van der Waals surface area contributed by atoms with E-state index in [1.807, 2.05) is 31.2 Å². The van der Waals surface area contributed by atoms with Crippen molar-refractivity contribution in [3.63, 3.8) is 0 Å². The quantitative estimate of drug-likeness (QED) is 0.619. The lowest BCUT2D eigenvalue weighted by molar-refractivity contribution is -0.0293. The van der Waals surface area contributed by atoms with Crippen LogP contribution in [0.1, 0.15) is 47.3 Å². The molecule has 7 heteroatoms. The summed E-state index contributed by atoms with van der Waals surface area (Å²) in [6.07, 6.45) is -0.0544. The SMILES string of the molecule is Cc1nc(C(=O)NCC2CN(Cc3ccccc3)CCO2)nn1-c1ccccc1C(C)C. The van der Waals surface area contributed by atoms with Gasteiger partial charge in [-0.25, -0.2) is 9.67 Å². The first kappa shape index (κ1) is 22.2. The number of aryl methyl sites for hydroxylation is 1. The third kappa shape index (κ3) is 5.23. The van der Waals surface area contributed by atoms with Crippen molar-refractivity contribution >= 4 is 5.91 Å². The highest BCUT2D eigenvalue weighted by atomic mass is 16.5. The number of morpholine rings is 1. The summed E-state index contributed by atoms with van der Waals surface area (Å²) in [5, 5.41) is 7.45. The monoisotopic (exact) mass is 433 g/mol. The smallest absolute Gasteiger partial charge is 0.291 e. The van der Waals surface area contributed by atoms with Gasteiger partial charge in [0.25, 0.3) is 5.91 Å². The summed E-state index contributed by atoms with van der Waals surface area (Å²) in [7, 11) is 0. The molecule has 7 nitrogen and oxygen atoms in total. The van der Waals surface area contributed by atoms with Crippen LogP contribution < -0.4 is 5.32 Å². The van der Waals surface area contributed by atoms with Crippen LogP contribution in [0.4, 0.5) is 0 Å². The highest BCUT2D eigenvalue weighted by Crippen LogP contribution is 2.23. The molecule has 2 aromatic carbocycles. The molecule has 0 spiro atoms.